The molecule has 0 spiro atoms. The van der Waals surface area contributed by atoms with Crippen molar-refractivity contribution in [2.45, 2.75) is 33.8 Å². The first kappa shape index (κ1) is 11.8. The molecule has 0 aliphatic rings. The molecule has 4 heteroatoms. The van der Waals surface area contributed by atoms with E-state index < -0.39 is 6.10 Å². The molecule has 17 heavy (non-hydrogen) atoms. The van der Waals surface area contributed by atoms with Crippen LogP contribution in [0.2, 0.25) is 0 Å². The number of aliphatic hydroxyl groups is 1. The van der Waals surface area contributed by atoms with Gasteiger partial charge in [-0.2, -0.15) is 5.10 Å². The standard InChI is InChI=1S/C13H17N3O/c1-8-9(2)15-16(10(8)3)13-7-12(11(4)17)5-6-14-13/h5-7,11,17H,1-4H3. The van der Waals surface area contributed by atoms with Crippen molar-refractivity contribution in [1.29, 1.82) is 0 Å². The molecule has 2 heterocycles. The Morgan fingerprint density at radius 2 is 2.00 bits per heavy atom. The van der Waals surface area contributed by atoms with E-state index in [-0.39, 0.29) is 0 Å². The van der Waals surface area contributed by atoms with E-state index in [2.05, 4.69) is 10.1 Å². The van der Waals surface area contributed by atoms with Crippen LogP contribution in [0.4, 0.5) is 0 Å². The number of rotatable bonds is 2. The fourth-order valence-corrected chi connectivity index (χ4v) is 1.75. The van der Waals surface area contributed by atoms with Crippen LogP contribution >= 0.6 is 0 Å². The molecular formula is C13H17N3O. The van der Waals surface area contributed by atoms with Gasteiger partial charge in [0.2, 0.25) is 0 Å². The largest absolute Gasteiger partial charge is 0.389 e. The number of aromatic nitrogens is 3. The van der Waals surface area contributed by atoms with Gasteiger partial charge in [0.1, 0.15) is 0 Å². The topological polar surface area (TPSA) is 50.9 Å². The molecule has 0 aromatic carbocycles. The van der Waals surface area contributed by atoms with Crippen LogP contribution in [0.15, 0.2) is 18.3 Å². The van der Waals surface area contributed by atoms with E-state index in [9.17, 15) is 5.11 Å². The van der Waals surface area contributed by atoms with E-state index in [4.69, 9.17) is 0 Å². The van der Waals surface area contributed by atoms with E-state index >= 15 is 0 Å². The average molecular weight is 231 g/mol. The Morgan fingerprint density at radius 3 is 2.53 bits per heavy atom. The maximum absolute atomic E-state index is 9.57. The van der Waals surface area contributed by atoms with Crippen molar-refractivity contribution in [2.24, 2.45) is 0 Å². The summed E-state index contributed by atoms with van der Waals surface area (Å²) in [6.45, 7) is 7.79. The summed E-state index contributed by atoms with van der Waals surface area (Å²) in [5.74, 6) is 0.747. The van der Waals surface area contributed by atoms with Gasteiger partial charge >= 0.3 is 0 Å². The maximum atomic E-state index is 9.57. The lowest BCUT2D eigenvalue weighted by Gasteiger charge is -2.08. The van der Waals surface area contributed by atoms with Gasteiger partial charge in [-0.3, -0.25) is 0 Å². The van der Waals surface area contributed by atoms with E-state index in [1.165, 1.54) is 5.56 Å². The third kappa shape index (κ3) is 2.08. The molecule has 0 bridgehead atoms. The smallest absolute Gasteiger partial charge is 0.153 e. The molecule has 2 aromatic heterocycles. The Hall–Kier alpha value is -1.68. The molecule has 0 fully saturated rings. The predicted octanol–water partition coefficient (Wildman–Crippen LogP) is 2.25. The molecule has 0 radical (unpaired) electrons. The van der Waals surface area contributed by atoms with Crippen molar-refractivity contribution in [3.8, 4) is 5.82 Å². The van der Waals surface area contributed by atoms with Crippen molar-refractivity contribution in [2.75, 3.05) is 0 Å². The van der Waals surface area contributed by atoms with Gasteiger partial charge in [0.15, 0.2) is 5.82 Å². The molecule has 2 aromatic rings. The van der Waals surface area contributed by atoms with Crippen LogP contribution in [0.25, 0.3) is 5.82 Å². The second-order valence-electron chi connectivity index (χ2n) is 4.33. The second kappa shape index (κ2) is 4.30. The van der Waals surface area contributed by atoms with Crippen LogP contribution in [0.5, 0.6) is 0 Å². The summed E-state index contributed by atoms with van der Waals surface area (Å²) in [6, 6.07) is 3.68. The molecule has 0 saturated carbocycles. The lowest BCUT2D eigenvalue weighted by Crippen LogP contribution is -2.03. The van der Waals surface area contributed by atoms with Crippen molar-refractivity contribution in [1.82, 2.24) is 14.8 Å². The van der Waals surface area contributed by atoms with Crippen molar-refractivity contribution >= 4 is 0 Å². The highest BCUT2D eigenvalue weighted by atomic mass is 16.3. The number of pyridine rings is 1. The fourth-order valence-electron chi connectivity index (χ4n) is 1.75. The molecule has 0 amide bonds. The summed E-state index contributed by atoms with van der Waals surface area (Å²) in [5.41, 5.74) is 4.11. The highest BCUT2D eigenvalue weighted by molar-refractivity contribution is 5.34. The molecule has 1 unspecified atom stereocenters. The zero-order valence-corrected chi connectivity index (χ0v) is 10.6. The number of hydrogen-bond acceptors (Lipinski definition) is 3. The van der Waals surface area contributed by atoms with Gasteiger partial charge in [0.05, 0.1) is 11.8 Å². The third-order valence-electron chi connectivity index (χ3n) is 3.12. The number of aliphatic hydroxyl groups excluding tert-OH is 1. The van der Waals surface area contributed by atoms with Crippen LogP contribution in [0, 0.1) is 20.8 Å². The molecule has 0 aliphatic carbocycles. The molecule has 1 N–H and O–H groups in total. The average Bonchev–Trinajstić information content (AvgIpc) is 2.57. The van der Waals surface area contributed by atoms with Gasteiger partial charge in [-0.05, 0) is 51.0 Å². The first-order valence-electron chi connectivity index (χ1n) is 5.68. The zero-order valence-electron chi connectivity index (χ0n) is 10.6. The number of aryl methyl sites for hydroxylation is 1. The Labute approximate surface area is 101 Å². The van der Waals surface area contributed by atoms with Crippen LogP contribution in [0.3, 0.4) is 0 Å². The van der Waals surface area contributed by atoms with E-state index in [1.807, 2.05) is 37.6 Å². The van der Waals surface area contributed by atoms with Crippen LogP contribution in [-0.2, 0) is 0 Å². The monoisotopic (exact) mass is 231 g/mol. The lowest BCUT2D eigenvalue weighted by molar-refractivity contribution is 0.199. The number of hydrogen-bond donors (Lipinski definition) is 1. The second-order valence-corrected chi connectivity index (χ2v) is 4.33. The summed E-state index contributed by atoms with van der Waals surface area (Å²) < 4.78 is 1.82. The van der Waals surface area contributed by atoms with E-state index in [0.29, 0.717) is 0 Å². The molecule has 2 rings (SSSR count). The fraction of sp³-hybridized carbons (Fsp3) is 0.385. The third-order valence-corrected chi connectivity index (χ3v) is 3.12. The van der Waals surface area contributed by atoms with Crippen molar-refractivity contribution < 1.29 is 5.11 Å². The highest BCUT2D eigenvalue weighted by Crippen LogP contribution is 2.18. The first-order valence-corrected chi connectivity index (χ1v) is 5.68. The Morgan fingerprint density at radius 1 is 1.29 bits per heavy atom. The molecule has 4 nitrogen and oxygen atoms in total. The van der Waals surface area contributed by atoms with Crippen LogP contribution in [0.1, 0.15) is 35.5 Å². The van der Waals surface area contributed by atoms with Crippen molar-refractivity contribution in [3.05, 3.63) is 40.8 Å². The van der Waals surface area contributed by atoms with E-state index in [0.717, 1.165) is 22.8 Å². The minimum atomic E-state index is -0.491. The number of nitrogens with zero attached hydrogens (tertiary/aromatic N) is 3. The van der Waals surface area contributed by atoms with Gasteiger partial charge in [-0.25, -0.2) is 9.67 Å². The molecule has 1 atom stereocenters. The van der Waals surface area contributed by atoms with Gasteiger partial charge < -0.3 is 5.11 Å². The van der Waals surface area contributed by atoms with Gasteiger partial charge in [-0.1, -0.05) is 0 Å². The zero-order chi connectivity index (χ0) is 12.6. The molecular weight excluding hydrogens is 214 g/mol. The normalized spacial score (nSPS) is 12.8. The Kier molecular flexibility index (Phi) is 2.98. The summed E-state index contributed by atoms with van der Waals surface area (Å²) in [6.07, 6.45) is 1.21. The highest BCUT2D eigenvalue weighted by Gasteiger charge is 2.11. The minimum absolute atomic E-state index is 0.491. The van der Waals surface area contributed by atoms with Gasteiger partial charge in [0.25, 0.3) is 0 Å². The van der Waals surface area contributed by atoms with E-state index in [1.54, 1.807) is 13.1 Å². The predicted molar refractivity (Wildman–Crippen MR) is 66.2 cm³/mol. The van der Waals surface area contributed by atoms with Gasteiger partial charge in [0, 0.05) is 11.9 Å². The summed E-state index contributed by atoms with van der Waals surface area (Å²) in [4.78, 5) is 4.30. The SMILES string of the molecule is Cc1nn(-c2cc(C(C)O)ccn2)c(C)c1C. The molecule has 90 valence electrons. The molecule has 0 aliphatic heterocycles. The Balaban J connectivity index is 2.53. The summed E-state index contributed by atoms with van der Waals surface area (Å²) >= 11 is 0. The van der Waals surface area contributed by atoms with Crippen LogP contribution in [-0.4, -0.2) is 19.9 Å². The maximum Gasteiger partial charge on any atom is 0.153 e. The Bertz CT molecular complexity index is 544. The quantitative estimate of drug-likeness (QED) is 0.862. The first-order chi connectivity index (χ1) is 8.00. The summed E-state index contributed by atoms with van der Waals surface area (Å²) in [5, 5.41) is 14.0. The van der Waals surface area contributed by atoms with Crippen molar-refractivity contribution in [3.63, 3.8) is 0 Å². The lowest BCUT2D eigenvalue weighted by atomic mass is 10.2. The minimum Gasteiger partial charge on any atom is -0.389 e. The van der Waals surface area contributed by atoms with Crippen LogP contribution < -0.4 is 0 Å². The molecule has 0 saturated heterocycles. The van der Waals surface area contributed by atoms with Gasteiger partial charge in [-0.15, -0.1) is 0 Å². The summed E-state index contributed by atoms with van der Waals surface area (Å²) in [7, 11) is 0.